The molecule has 27 heavy (non-hydrogen) atoms. The van der Waals surface area contributed by atoms with E-state index in [4.69, 9.17) is 4.42 Å². The molecule has 3 rings (SSSR count). The van der Waals surface area contributed by atoms with E-state index in [0.717, 1.165) is 18.4 Å². The van der Waals surface area contributed by atoms with Gasteiger partial charge in [0, 0.05) is 19.4 Å². The van der Waals surface area contributed by atoms with Crippen LogP contribution in [0.25, 0.3) is 0 Å². The van der Waals surface area contributed by atoms with Gasteiger partial charge in [0.2, 0.25) is 17.7 Å². The summed E-state index contributed by atoms with van der Waals surface area (Å²) in [7, 11) is 0. The Morgan fingerprint density at radius 2 is 1.74 bits per heavy atom. The molecular formula is C22H25N3O2. The second kappa shape index (κ2) is 9.67. The normalized spacial score (nSPS) is 10.7. The van der Waals surface area contributed by atoms with Crippen molar-refractivity contribution in [2.45, 2.75) is 39.0 Å². The largest absolute Gasteiger partial charge is 0.425 e. The summed E-state index contributed by atoms with van der Waals surface area (Å²) < 4.78 is 5.66. The molecule has 5 nitrogen and oxygen atoms in total. The van der Waals surface area contributed by atoms with Crippen molar-refractivity contribution in [2.24, 2.45) is 0 Å². The minimum Gasteiger partial charge on any atom is -0.425 e. The summed E-state index contributed by atoms with van der Waals surface area (Å²) >= 11 is 0. The molecule has 0 unspecified atom stereocenters. The van der Waals surface area contributed by atoms with Crippen molar-refractivity contribution in [2.75, 3.05) is 6.54 Å². The molecule has 0 fully saturated rings. The highest BCUT2D eigenvalue weighted by Gasteiger charge is 2.09. The number of nitrogens with zero attached hydrogens (tertiary/aromatic N) is 2. The van der Waals surface area contributed by atoms with E-state index in [0.29, 0.717) is 37.6 Å². The molecule has 5 heteroatoms. The summed E-state index contributed by atoms with van der Waals surface area (Å²) in [5.41, 5.74) is 3.64. The van der Waals surface area contributed by atoms with Crippen molar-refractivity contribution < 1.29 is 9.21 Å². The number of rotatable bonds is 9. The Balaban J connectivity index is 1.36. The first-order chi connectivity index (χ1) is 13.2. The van der Waals surface area contributed by atoms with E-state index < -0.39 is 0 Å². The van der Waals surface area contributed by atoms with Crippen LogP contribution < -0.4 is 5.32 Å². The fourth-order valence-corrected chi connectivity index (χ4v) is 2.93. The number of amides is 1. The Morgan fingerprint density at radius 3 is 2.56 bits per heavy atom. The Bertz CT molecular complexity index is 859. The quantitative estimate of drug-likeness (QED) is 0.589. The van der Waals surface area contributed by atoms with Crippen molar-refractivity contribution in [1.82, 2.24) is 15.5 Å². The minimum atomic E-state index is 0.0153. The molecule has 1 heterocycles. The van der Waals surface area contributed by atoms with E-state index >= 15 is 0 Å². The number of carbonyl (C=O) groups excluding carboxylic acids is 1. The first kappa shape index (κ1) is 18.8. The van der Waals surface area contributed by atoms with Crippen LogP contribution in [0.3, 0.4) is 0 Å². The lowest BCUT2D eigenvalue weighted by Gasteiger charge is -2.04. The van der Waals surface area contributed by atoms with E-state index in [1.807, 2.05) is 30.3 Å². The third kappa shape index (κ3) is 6.37. The lowest BCUT2D eigenvalue weighted by atomic mass is 10.1. The highest BCUT2D eigenvalue weighted by molar-refractivity contribution is 5.75. The second-order valence-electron chi connectivity index (χ2n) is 6.69. The van der Waals surface area contributed by atoms with Gasteiger partial charge in [-0.25, -0.2) is 0 Å². The predicted octanol–water partition coefficient (Wildman–Crippen LogP) is 3.65. The molecule has 1 N–H and O–H groups in total. The molecule has 0 saturated carbocycles. The summed E-state index contributed by atoms with van der Waals surface area (Å²) in [6, 6.07) is 18.5. The van der Waals surface area contributed by atoms with Crippen LogP contribution in [-0.2, 0) is 24.1 Å². The molecule has 1 aromatic heterocycles. The molecule has 2 aromatic carbocycles. The summed E-state index contributed by atoms with van der Waals surface area (Å²) in [4.78, 5) is 12.0. The number of aromatic nitrogens is 2. The first-order valence-electron chi connectivity index (χ1n) is 9.36. The zero-order valence-electron chi connectivity index (χ0n) is 15.6. The fourth-order valence-electron chi connectivity index (χ4n) is 2.93. The SMILES string of the molecule is Cc1cccc(Cc2nnc(CCC(=O)NCCCc3ccccc3)o2)c1. The summed E-state index contributed by atoms with van der Waals surface area (Å²) in [5.74, 6) is 1.11. The predicted molar refractivity (Wildman–Crippen MR) is 104 cm³/mol. The molecule has 0 aliphatic rings. The molecule has 0 radical (unpaired) electrons. The number of carbonyl (C=O) groups is 1. The first-order valence-corrected chi connectivity index (χ1v) is 9.36. The van der Waals surface area contributed by atoms with Gasteiger partial charge >= 0.3 is 0 Å². The van der Waals surface area contributed by atoms with E-state index in [9.17, 15) is 4.79 Å². The topological polar surface area (TPSA) is 68.0 Å². The van der Waals surface area contributed by atoms with Crippen molar-refractivity contribution >= 4 is 5.91 Å². The maximum Gasteiger partial charge on any atom is 0.220 e. The third-order valence-electron chi connectivity index (χ3n) is 4.32. The van der Waals surface area contributed by atoms with Gasteiger partial charge < -0.3 is 9.73 Å². The van der Waals surface area contributed by atoms with Gasteiger partial charge in [0.15, 0.2) is 0 Å². The number of hydrogen-bond acceptors (Lipinski definition) is 4. The number of aryl methyl sites for hydroxylation is 3. The van der Waals surface area contributed by atoms with Gasteiger partial charge in [-0.3, -0.25) is 4.79 Å². The number of benzene rings is 2. The second-order valence-corrected chi connectivity index (χ2v) is 6.69. The van der Waals surface area contributed by atoms with Crippen LogP contribution in [0.15, 0.2) is 59.0 Å². The Kier molecular flexibility index (Phi) is 6.74. The zero-order valence-corrected chi connectivity index (χ0v) is 15.6. The van der Waals surface area contributed by atoms with Crippen LogP contribution in [0.2, 0.25) is 0 Å². The summed E-state index contributed by atoms with van der Waals surface area (Å²) in [6.07, 6.45) is 3.33. The van der Waals surface area contributed by atoms with Gasteiger partial charge in [-0.2, -0.15) is 0 Å². The minimum absolute atomic E-state index is 0.0153. The fraction of sp³-hybridized carbons (Fsp3) is 0.318. The van der Waals surface area contributed by atoms with Crippen LogP contribution >= 0.6 is 0 Å². The maximum absolute atomic E-state index is 12.0. The number of nitrogens with one attached hydrogen (secondary N) is 1. The molecule has 0 aliphatic carbocycles. The van der Waals surface area contributed by atoms with Gasteiger partial charge in [-0.1, -0.05) is 60.2 Å². The molecule has 0 spiro atoms. The average Bonchev–Trinajstić information content (AvgIpc) is 3.12. The van der Waals surface area contributed by atoms with Crippen molar-refractivity contribution in [3.63, 3.8) is 0 Å². The number of hydrogen-bond donors (Lipinski definition) is 1. The highest BCUT2D eigenvalue weighted by atomic mass is 16.4. The van der Waals surface area contributed by atoms with Gasteiger partial charge in [-0.05, 0) is 30.9 Å². The van der Waals surface area contributed by atoms with Crippen LogP contribution in [0.5, 0.6) is 0 Å². The van der Waals surface area contributed by atoms with Gasteiger partial charge in [-0.15, -0.1) is 10.2 Å². The third-order valence-corrected chi connectivity index (χ3v) is 4.32. The van der Waals surface area contributed by atoms with E-state index in [2.05, 4.69) is 46.7 Å². The Hall–Kier alpha value is -2.95. The molecule has 1 amide bonds. The van der Waals surface area contributed by atoms with Crippen LogP contribution in [0.1, 0.15) is 41.3 Å². The van der Waals surface area contributed by atoms with E-state index in [1.54, 1.807) is 0 Å². The molecule has 0 saturated heterocycles. The van der Waals surface area contributed by atoms with E-state index in [-0.39, 0.29) is 5.91 Å². The van der Waals surface area contributed by atoms with Gasteiger partial charge in [0.05, 0.1) is 6.42 Å². The van der Waals surface area contributed by atoms with Crippen molar-refractivity contribution in [3.8, 4) is 0 Å². The Labute approximate surface area is 159 Å². The van der Waals surface area contributed by atoms with Crippen LogP contribution in [-0.4, -0.2) is 22.6 Å². The monoisotopic (exact) mass is 363 g/mol. The lowest BCUT2D eigenvalue weighted by Crippen LogP contribution is -2.25. The zero-order chi connectivity index (χ0) is 18.9. The standard InChI is InChI=1S/C22H25N3O2/c1-17-7-5-10-19(15-17)16-22-25-24-21(27-22)13-12-20(26)23-14-6-11-18-8-3-2-4-9-18/h2-5,7-10,15H,6,11-14,16H2,1H3,(H,23,26). The van der Waals surface area contributed by atoms with Gasteiger partial charge in [0.1, 0.15) is 0 Å². The van der Waals surface area contributed by atoms with Crippen molar-refractivity contribution in [3.05, 3.63) is 83.1 Å². The van der Waals surface area contributed by atoms with Crippen LogP contribution in [0.4, 0.5) is 0 Å². The smallest absolute Gasteiger partial charge is 0.220 e. The summed E-state index contributed by atoms with van der Waals surface area (Å²) in [6.45, 7) is 2.73. The average molecular weight is 363 g/mol. The lowest BCUT2D eigenvalue weighted by molar-refractivity contribution is -0.121. The summed E-state index contributed by atoms with van der Waals surface area (Å²) in [5, 5.41) is 11.1. The molecular weight excluding hydrogens is 338 g/mol. The molecule has 140 valence electrons. The molecule has 0 aliphatic heterocycles. The maximum atomic E-state index is 12.0. The molecule has 0 atom stereocenters. The van der Waals surface area contributed by atoms with Crippen LogP contribution in [0, 0.1) is 6.92 Å². The molecule has 0 bridgehead atoms. The van der Waals surface area contributed by atoms with E-state index in [1.165, 1.54) is 11.1 Å². The molecule has 3 aromatic rings. The van der Waals surface area contributed by atoms with Gasteiger partial charge in [0.25, 0.3) is 0 Å². The van der Waals surface area contributed by atoms with Crippen molar-refractivity contribution in [1.29, 1.82) is 0 Å². The highest BCUT2D eigenvalue weighted by Crippen LogP contribution is 2.11. The Morgan fingerprint density at radius 1 is 0.963 bits per heavy atom.